The van der Waals surface area contributed by atoms with Crippen molar-refractivity contribution in [2.45, 2.75) is 25.9 Å². The zero-order valence-electron chi connectivity index (χ0n) is 9.71. The molecule has 2 aromatic heterocycles. The highest BCUT2D eigenvalue weighted by molar-refractivity contribution is 9.10. The van der Waals surface area contributed by atoms with E-state index in [-0.39, 0.29) is 12.1 Å². The zero-order chi connectivity index (χ0) is 12.4. The fourth-order valence-electron chi connectivity index (χ4n) is 1.68. The van der Waals surface area contributed by atoms with Gasteiger partial charge in [-0.25, -0.2) is 9.97 Å². The molecule has 0 saturated carbocycles. The second kappa shape index (κ2) is 4.93. The Hall–Kier alpha value is -1.27. The molecule has 0 bridgehead atoms. The van der Waals surface area contributed by atoms with E-state index < -0.39 is 0 Å². The minimum atomic E-state index is -0.282. The minimum Gasteiger partial charge on any atom is -0.319 e. The molecule has 0 saturated heterocycles. The van der Waals surface area contributed by atoms with Crippen LogP contribution in [0.2, 0.25) is 0 Å². The van der Waals surface area contributed by atoms with Gasteiger partial charge in [0, 0.05) is 24.0 Å². The van der Waals surface area contributed by atoms with Crippen molar-refractivity contribution in [1.29, 1.82) is 0 Å². The highest BCUT2D eigenvalue weighted by Crippen LogP contribution is 2.27. The van der Waals surface area contributed by atoms with Crippen LogP contribution in [0.4, 0.5) is 0 Å². The Morgan fingerprint density at radius 2 is 1.88 bits per heavy atom. The van der Waals surface area contributed by atoms with Gasteiger partial charge in [0.15, 0.2) is 0 Å². The van der Waals surface area contributed by atoms with Crippen molar-refractivity contribution in [3.05, 3.63) is 40.6 Å². The molecule has 1 atom stereocenters. The van der Waals surface area contributed by atoms with Gasteiger partial charge in [-0.05, 0) is 29.8 Å². The van der Waals surface area contributed by atoms with Crippen molar-refractivity contribution in [2.75, 3.05) is 0 Å². The summed E-state index contributed by atoms with van der Waals surface area (Å²) in [6, 6.07) is -0.0255. The molecule has 90 valence electrons. The Morgan fingerprint density at radius 3 is 2.47 bits per heavy atom. The molecule has 2 aromatic rings. The summed E-state index contributed by atoms with van der Waals surface area (Å²) in [5.74, 6) is 0. The zero-order valence-corrected chi connectivity index (χ0v) is 11.3. The van der Waals surface area contributed by atoms with Gasteiger partial charge >= 0.3 is 0 Å². The van der Waals surface area contributed by atoms with E-state index in [1.165, 1.54) is 6.33 Å². The number of hydrogen-bond acceptors (Lipinski definition) is 4. The molecule has 0 aliphatic heterocycles. The summed E-state index contributed by atoms with van der Waals surface area (Å²) >= 11 is 3.48. The maximum atomic E-state index is 6.23. The number of halogens is 1. The number of rotatable bonds is 3. The second-order valence-corrected chi connectivity index (χ2v) is 4.92. The van der Waals surface area contributed by atoms with E-state index in [1.807, 2.05) is 4.68 Å². The van der Waals surface area contributed by atoms with Crippen LogP contribution in [0.25, 0.3) is 0 Å². The van der Waals surface area contributed by atoms with Crippen molar-refractivity contribution in [3.63, 3.8) is 0 Å². The van der Waals surface area contributed by atoms with Gasteiger partial charge in [0.2, 0.25) is 0 Å². The average Bonchev–Trinajstić information content (AvgIpc) is 2.71. The highest BCUT2D eigenvalue weighted by atomic mass is 79.9. The molecule has 1 unspecified atom stereocenters. The number of aromatic nitrogens is 4. The topological polar surface area (TPSA) is 69.6 Å². The summed E-state index contributed by atoms with van der Waals surface area (Å²) in [6.07, 6.45) is 6.70. The van der Waals surface area contributed by atoms with Crippen LogP contribution < -0.4 is 5.73 Å². The first-order valence-electron chi connectivity index (χ1n) is 5.34. The van der Waals surface area contributed by atoms with Gasteiger partial charge in [0.25, 0.3) is 0 Å². The van der Waals surface area contributed by atoms with Gasteiger partial charge < -0.3 is 5.73 Å². The molecule has 0 radical (unpaired) electrons. The summed E-state index contributed by atoms with van der Waals surface area (Å²) in [4.78, 5) is 7.97. The van der Waals surface area contributed by atoms with Crippen molar-refractivity contribution >= 4 is 15.9 Å². The predicted octanol–water partition coefficient (Wildman–Crippen LogP) is 2.06. The summed E-state index contributed by atoms with van der Waals surface area (Å²) in [5.41, 5.74) is 8.04. The van der Waals surface area contributed by atoms with Crippen LogP contribution in [0.3, 0.4) is 0 Å². The summed E-state index contributed by atoms with van der Waals surface area (Å²) in [7, 11) is 0. The summed E-state index contributed by atoms with van der Waals surface area (Å²) in [6.45, 7) is 4.13. The normalized spacial score (nSPS) is 13.0. The number of nitrogens with zero attached hydrogens (tertiary/aromatic N) is 4. The van der Waals surface area contributed by atoms with Gasteiger partial charge in [0.1, 0.15) is 6.33 Å². The number of hydrogen-bond donors (Lipinski definition) is 1. The molecule has 0 amide bonds. The van der Waals surface area contributed by atoms with Gasteiger partial charge in [-0.2, -0.15) is 5.10 Å². The first-order chi connectivity index (χ1) is 8.11. The smallest absolute Gasteiger partial charge is 0.115 e. The minimum absolute atomic E-state index is 0.256. The van der Waals surface area contributed by atoms with Gasteiger partial charge in [-0.1, -0.05) is 0 Å². The van der Waals surface area contributed by atoms with Crippen molar-refractivity contribution in [3.8, 4) is 0 Å². The highest BCUT2D eigenvalue weighted by Gasteiger charge is 2.19. The molecule has 5 nitrogen and oxygen atoms in total. The Bertz CT molecular complexity index is 494. The summed E-state index contributed by atoms with van der Waals surface area (Å²) in [5, 5.41) is 4.31. The monoisotopic (exact) mass is 295 g/mol. The van der Waals surface area contributed by atoms with E-state index in [9.17, 15) is 0 Å². The van der Waals surface area contributed by atoms with E-state index >= 15 is 0 Å². The van der Waals surface area contributed by atoms with E-state index in [1.54, 1.807) is 18.6 Å². The van der Waals surface area contributed by atoms with Crippen LogP contribution in [0, 0.1) is 0 Å². The fourth-order valence-corrected chi connectivity index (χ4v) is 2.20. The predicted molar refractivity (Wildman–Crippen MR) is 68.4 cm³/mol. The van der Waals surface area contributed by atoms with E-state index in [2.05, 4.69) is 44.8 Å². The SMILES string of the molecule is CC(C)n1ncc(Br)c1C(N)c1cncnc1. The lowest BCUT2D eigenvalue weighted by Gasteiger charge is -2.17. The Balaban J connectivity index is 2.43. The maximum Gasteiger partial charge on any atom is 0.115 e. The first-order valence-corrected chi connectivity index (χ1v) is 6.14. The third-order valence-corrected chi connectivity index (χ3v) is 3.12. The molecule has 6 heteroatoms. The molecule has 0 fully saturated rings. The van der Waals surface area contributed by atoms with Crippen LogP contribution in [-0.4, -0.2) is 19.7 Å². The molecule has 0 aliphatic rings. The van der Waals surface area contributed by atoms with Crippen molar-refractivity contribution < 1.29 is 0 Å². The Morgan fingerprint density at radius 1 is 1.24 bits per heavy atom. The third-order valence-electron chi connectivity index (χ3n) is 2.51. The molecular formula is C11H14BrN5. The molecule has 2 heterocycles. The van der Waals surface area contributed by atoms with E-state index in [0.717, 1.165) is 15.7 Å². The maximum absolute atomic E-state index is 6.23. The lowest BCUT2D eigenvalue weighted by Crippen LogP contribution is -2.19. The second-order valence-electron chi connectivity index (χ2n) is 4.07. The van der Waals surface area contributed by atoms with E-state index in [4.69, 9.17) is 5.73 Å². The molecular weight excluding hydrogens is 282 g/mol. The van der Waals surface area contributed by atoms with E-state index in [0.29, 0.717) is 0 Å². The van der Waals surface area contributed by atoms with Crippen LogP contribution in [0.1, 0.15) is 37.2 Å². The fraction of sp³-hybridized carbons (Fsp3) is 0.364. The Labute approximate surface area is 108 Å². The molecule has 17 heavy (non-hydrogen) atoms. The van der Waals surface area contributed by atoms with Crippen molar-refractivity contribution in [2.24, 2.45) is 5.73 Å². The van der Waals surface area contributed by atoms with Gasteiger partial charge in [0.05, 0.1) is 22.4 Å². The quantitative estimate of drug-likeness (QED) is 0.941. The van der Waals surface area contributed by atoms with Crippen LogP contribution in [0.15, 0.2) is 29.4 Å². The van der Waals surface area contributed by atoms with Gasteiger partial charge in [-0.15, -0.1) is 0 Å². The average molecular weight is 296 g/mol. The summed E-state index contributed by atoms with van der Waals surface area (Å²) < 4.78 is 2.81. The largest absolute Gasteiger partial charge is 0.319 e. The lowest BCUT2D eigenvalue weighted by molar-refractivity contribution is 0.498. The molecule has 0 aromatic carbocycles. The molecule has 2 N–H and O–H groups in total. The number of nitrogens with two attached hydrogens (primary N) is 1. The standard InChI is InChI=1S/C11H14BrN5/c1-7(2)17-11(9(12)5-16-17)10(13)8-3-14-6-15-4-8/h3-7,10H,13H2,1-2H3. The first kappa shape index (κ1) is 12.2. The Kier molecular flexibility index (Phi) is 3.54. The van der Waals surface area contributed by atoms with Crippen molar-refractivity contribution in [1.82, 2.24) is 19.7 Å². The lowest BCUT2D eigenvalue weighted by atomic mass is 10.1. The van der Waals surface area contributed by atoms with Crippen LogP contribution in [0.5, 0.6) is 0 Å². The molecule has 0 aliphatic carbocycles. The van der Waals surface area contributed by atoms with Crippen LogP contribution >= 0.6 is 15.9 Å². The third kappa shape index (κ3) is 2.37. The molecule has 0 spiro atoms. The van der Waals surface area contributed by atoms with Gasteiger partial charge in [-0.3, -0.25) is 4.68 Å². The molecule has 2 rings (SSSR count). The van der Waals surface area contributed by atoms with Crippen LogP contribution in [-0.2, 0) is 0 Å².